The van der Waals surface area contributed by atoms with Gasteiger partial charge in [0.15, 0.2) is 11.6 Å². The lowest BCUT2D eigenvalue weighted by Gasteiger charge is -2.16. The Morgan fingerprint density at radius 3 is 2.43 bits per heavy atom. The van der Waals surface area contributed by atoms with Gasteiger partial charge in [-0.2, -0.15) is 0 Å². The molecular formula is C17H23F4NO. The number of ether oxygens (including phenoxy) is 1. The quantitative estimate of drug-likeness (QED) is 0.720. The number of hydrogen-bond acceptors (Lipinski definition) is 2. The van der Waals surface area contributed by atoms with Gasteiger partial charge in [0.05, 0.1) is 0 Å². The second-order valence-electron chi connectivity index (χ2n) is 6.59. The zero-order valence-corrected chi connectivity index (χ0v) is 13.4. The van der Waals surface area contributed by atoms with Crippen LogP contribution in [0.15, 0.2) is 12.1 Å². The predicted octanol–water partition coefficient (Wildman–Crippen LogP) is 4.91. The summed E-state index contributed by atoms with van der Waals surface area (Å²) >= 11 is 0. The minimum Gasteiger partial charge on any atom is -0.403 e. The van der Waals surface area contributed by atoms with E-state index in [1.807, 2.05) is 0 Å². The largest absolute Gasteiger partial charge is 0.573 e. The third-order valence-electron chi connectivity index (χ3n) is 4.21. The van der Waals surface area contributed by atoms with Crippen molar-refractivity contribution in [2.75, 3.05) is 0 Å². The molecule has 0 aliphatic heterocycles. The lowest BCUT2D eigenvalue weighted by atomic mass is 9.96. The SMILES string of the molecule is CC(C)c1cc(CCC[C@@H](N)C2CC2)cc(OC(F)(F)F)c1F. The molecule has 1 aliphatic rings. The summed E-state index contributed by atoms with van der Waals surface area (Å²) in [5.41, 5.74) is 6.92. The lowest BCUT2D eigenvalue weighted by molar-refractivity contribution is -0.275. The van der Waals surface area contributed by atoms with Crippen LogP contribution in [-0.2, 0) is 6.42 Å². The molecule has 2 rings (SSSR count). The van der Waals surface area contributed by atoms with Crippen molar-refractivity contribution >= 4 is 0 Å². The van der Waals surface area contributed by atoms with E-state index in [4.69, 9.17) is 5.73 Å². The standard InChI is InChI=1S/C17H23F4NO/c1-10(2)13-8-11(4-3-5-14(22)12-6-7-12)9-15(16(13)18)23-17(19,20)21/h8-10,12,14H,3-7,22H2,1-2H3/t14-/m1/s1. The Kier molecular flexibility index (Phi) is 5.55. The first-order valence-corrected chi connectivity index (χ1v) is 8.01. The van der Waals surface area contributed by atoms with Crippen molar-refractivity contribution in [1.82, 2.24) is 0 Å². The normalized spacial score (nSPS) is 16.7. The maximum Gasteiger partial charge on any atom is 0.573 e. The highest BCUT2D eigenvalue weighted by atomic mass is 19.4. The van der Waals surface area contributed by atoms with E-state index in [0.717, 1.165) is 18.9 Å². The van der Waals surface area contributed by atoms with Crippen LogP contribution in [0.3, 0.4) is 0 Å². The minimum atomic E-state index is -4.90. The van der Waals surface area contributed by atoms with Crippen LogP contribution in [0.4, 0.5) is 17.6 Å². The van der Waals surface area contributed by atoms with E-state index in [9.17, 15) is 17.6 Å². The molecule has 2 N–H and O–H groups in total. The summed E-state index contributed by atoms with van der Waals surface area (Å²) in [6.07, 6.45) is -0.408. The number of halogens is 4. The Morgan fingerprint density at radius 1 is 1.26 bits per heavy atom. The van der Waals surface area contributed by atoms with Crippen molar-refractivity contribution < 1.29 is 22.3 Å². The zero-order chi connectivity index (χ0) is 17.2. The van der Waals surface area contributed by atoms with E-state index in [1.54, 1.807) is 19.9 Å². The molecule has 0 spiro atoms. The first-order valence-electron chi connectivity index (χ1n) is 8.01. The van der Waals surface area contributed by atoms with E-state index in [1.165, 1.54) is 12.8 Å². The zero-order valence-electron chi connectivity index (χ0n) is 13.4. The minimum absolute atomic E-state index is 0.158. The molecule has 0 unspecified atom stereocenters. The average Bonchev–Trinajstić information content (AvgIpc) is 3.24. The molecule has 0 radical (unpaired) electrons. The van der Waals surface area contributed by atoms with Gasteiger partial charge in [-0.15, -0.1) is 13.2 Å². The fourth-order valence-corrected chi connectivity index (χ4v) is 2.74. The Labute approximate surface area is 134 Å². The van der Waals surface area contributed by atoms with Crippen LogP contribution in [-0.4, -0.2) is 12.4 Å². The molecule has 1 atom stereocenters. The van der Waals surface area contributed by atoms with Crippen molar-refractivity contribution in [2.24, 2.45) is 11.7 Å². The third-order valence-corrected chi connectivity index (χ3v) is 4.21. The van der Waals surface area contributed by atoms with Crippen molar-refractivity contribution in [1.29, 1.82) is 0 Å². The van der Waals surface area contributed by atoms with E-state index >= 15 is 0 Å². The monoisotopic (exact) mass is 333 g/mol. The molecular weight excluding hydrogens is 310 g/mol. The van der Waals surface area contributed by atoms with Gasteiger partial charge >= 0.3 is 6.36 Å². The molecule has 23 heavy (non-hydrogen) atoms. The van der Waals surface area contributed by atoms with Crippen LogP contribution in [0, 0.1) is 11.7 Å². The van der Waals surface area contributed by atoms with E-state index in [0.29, 0.717) is 17.9 Å². The van der Waals surface area contributed by atoms with Gasteiger partial charge in [-0.25, -0.2) is 4.39 Å². The molecule has 2 nitrogen and oxygen atoms in total. The van der Waals surface area contributed by atoms with Crippen LogP contribution in [0.2, 0.25) is 0 Å². The summed E-state index contributed by atoms with van der Waals surface area (Å²) in [4.78, 5) is 0. The number of aryl methyl sites for hydroxylation is 1. The van der Waals surface area contributed by atoms with Crippen LogP contribution in [0.5, 0.6) is 5.75 Å². The average molecular weight is 333 g/mol. The fourth-order valence-electron chi connectivity index (χ4n) is 2.74. The lowest BCUT2D eigenvalue weighted by Crippen LogP contribution is -2.22. The fraction of sp³-hybridized carbons (Fsp3) is 0.647. The molecule has 130 valence electrons. The Morgan fingerprint density at radius 2 is 1.91 bits per heavy atom. The first-order chi connectivity index (χ1) is 10.7. The van der Waals surface area contributed by atoms with Gasteiger partial charge < -0.3 is 10.5 Å². The molecule has 0 amide bonds. The van der Waals surface area contributed by atoms with Crippen molar-refractivity contribution in [3.63, 3.8) is 0 Å². The molecule has 0 saturated heterocycles. The highest BCUT2D eigenvalue weighted by Gasteiger charge is 2.33. The van der Waals surface area contributed by atoms with Crippen LogP contribution in [0.25, 0.3) is 0 Å². The molecule has 0 heterocycles. The Balaban J connectivity index is 2.10. The van der Waals surface area contributed by atoms with Crippen molar-refractivity contribution in [3.8, 4) is 5.75 Å². The third kappa shape index (κ3) is 5.37. The first kappa shape index (κ1) is 18.0. The number of alkyl halides is 3. The van der Waals surface area contributed by atoms with Crippen molar-refractivity contribution in [2.45, 2.75) is 64.3 Å². The summed E-state index contributed by atoms with van der Waals surface area (Å²) < 4.78 is 55.3. The summed E-state index contributed by atoms with van der Waals surface area (Å²) in [6.45, 7) is 3.48. The summed E-state index contributed by atoms with van der Waals surface area (Å²) in [5.74, 6) is -1.31. The smallest absolute Gasteiger partial charge is 0.403 e. The van der Waals surface area contributed by atoms with Crippen LogP contribution >= 0.6 is 0 Å². The predicted molar refractivity (Wildman–Crippen MR) is 80.8 cm³/mol. The maximum absolute atomic E-state index is 14.2. The van der Waals surface area contributed by atoms with E-state index in [2.05, 4.69) is 4.74 Å². The summed E-state index contributed by atoms with van der Waals surface area (Å²) in [5, 5.41) is 0. The van der Waals surface area contributed by atoms with Crippen LogP contribution < -0.4 is 10.5 Å². The number of benzene rings is 1. The highest BCUT2D eigenvalue weighted by molar-refractivity contribution is 5.38. The summed E-state index contributed by atoms with van der Waals surface area (Å²) in [7, 11) is 0. The summed E-state index contributed by atoms with van der Waals surface area (Å²) in [6, 6.07) is 2.94. The van der Waals surface area contributed by atoms with E-state index < -0.39 is 17.9 Å². The van der Waals surface area contributed by atoms with Gasteiger partial charge in [0.2, 0.25) is 0 Å². The highest BCUT2D eigenvalue weighted by Crippen LogP contribution is 2.34. The molecule has 0 bridgehead atoms. The second kappa shape index (κ2) is 7.07. The van der Waals surface area contributed by atoms with E-state index in [-0.39, 0.29) is 17.5 Å². The number of nitrogens with two attached hydrogens (primary N) is 1. The molecule has 1 aliphatic carbocycles. The van der Waals surface area contributed by atoms with Gasteiger partial charge in [0.1, 0.15) is 0 Å². The molecule has 6 heteroatoms. The molecule has 1 aromatic carbocycles. The molecule has 1 aromatic rings. The Hall–Kier alpha value is -1.30. The van der Waals surface area contributed by atoms with Gasteiger partial charge in [-0.1, -0.05) is 19.9 Å². The molecule has 0 aromatic heterocycles. The topological polar surface area (TPSA) is 35.2 Å². The molecule has 1 fully saturated rings. The Bertz CT molecular complexity index is 538. The van der Waals surface area contributed by atoms with Gasteiger partial charge in [0, 0.05) is 6.04 Å². The van der Waals surface area contributed by atoms with Gasteiger partial charge in [-0.3, -0.25) is 0 Å². The molecule has 1 saturated carbocycles. The van der Waals surface area contributed by atoms with Crippen LogP contribution in [0.1, 0.15) is 56.6 Å². The van der Waals surface area contributed by atoms with Gasteiger partial charge in [-0.05, 0) is 61.1 Å². The maximum atomic E-state index is 14.2. The number of rotatable bonds is 7. The second-order valence-corrected chi connectivity index (χ2v) is 6.59. The van der Waals surface area contributed by atoms with Gasteiger partial charge in [0.25, 0.3) is 0 Å². The van der Waals surface area contributed by atoms with Crippen molar-refractivity contribution in [3.05, 3.63) is 29.1 Å². The number of hydrogen-bond donors (Lipinski definition) is 1.